The van der Waals surface area contributed by atoms with E-state index in [-0.39, 0.29) is 5.91 Å². The summed E-state index contributed by atoms with van der Waals surface area (Å²) in [6, 6.07) is 19.7. The van der Waals surface area contributed by atoms with Crippen LogP contribution in [0.25, 0.3) is 0 Å². The first kappa shape index (κ1) is 17.6. The fourth-order valence-corrected chi connectivity index (χ4v) is 2.72. The number of anilines is 2. The topological polar surface area (TPSA) is 58.1 Å². The molecule has 0 saturated carbocycles. The lowest BCUT2D eigenvalue weighted by Gasteiger charge is -2.19. The summed E-state index contributed by atoms with van der Waals surface area (Å²) < 4.78 is 0. The number of benzene rings is 2. The molecule has 0 unspecified atom stereocenters. The van der Waals surface area contributed by atoms with E-state index in [1.807, 2.05) is 67.4 Å². The molecule has 0 aliphatic heterocycles. The molecule has 1 heterocycles. The van der Waals surface area contributed by atoms with Gasteiger partial charge in [-0.3, -0.25) is 4.79 Å². The van der Waals surface area contributed by atoms with E-state index in [1.165, 1.54) is 5.56 Å². The molecule has 132 valence electrons. The molecule has 0 aliphatic rings. The summed E-state index contributed by atoms with van der Waals surface area (Å²) in [4.78, 5) is 23.2. The molecule has 0 spiro atoms. The zero-order valence-electron chi connectivity index (χ0n) is 15.2. The van der Waals surface area contributed by atoms with E-state index in [4.69, 9.17) is 0 Å². The average molecular weight is 346 g/mol. The Morgan fingerprint density at radius 3 is 2.50 bits per heavy atom. The minimum atomic E-state index is -0.209. The fraction of sp³-hybridized carbons (Fsp3) is 0.190. The molecule has 1 N–H and O–H groups in total. The number of para-hydroxylation sites is 1. The van der Waals surface area contributed by atoms with Crippen LogP contribution in [-0.2, 0) is 6.54 Å². The highest BCUT2D eigenvalue weighted by atomic mass is 16.1. The first-order valence-electron chi connectivity index (χ1n) is 8.51. The van der Waals surface area contributed by atoms with Crippen LogP contribution in [0.2, 0.25) is 0 Å². The van der Waals surface area contributed by atoms with Crippen molar-refractivity contribution in [2.24, 2.45) is 0 Å². The van der Waals surface area contributed by atoms with Crippen molar-refractivity contribution in [2.75, 3.05) is 11.9 Å². The van der Waals surface area contributed by atoms with Crippen molar-refractivity contribution in [2.45, 2.75) is 20.4 Å². The van der Waals surface area contributed by atoms with E-state index >= 15 is 0 Å². The van der Waals surface area contributed by atoms with Gasteiger partial charge in [-0.1, -0.05) is 48.0 Å². The number of hydrogen-bond acceptors (Lipinski definition) is 4. The van der Waals surface area contributed by atoms with Gasteiger partial charge in [-0.05, 0) is 31.5 Å². The summed E-state index contributed by atoms with van der Waals surface area (Å²) in [6.45, 7) is 4.29. The van der Waals surface area contributed by atoms with Crippen LogP contribution < -0.4 is 10.2 Å². The number of hydrogen-bond donors (Lipinski definition) is 1. The second kappa shape index (κ2) is 7.78. The van der Waals surface area contributed by atoms with E-state index in [2.05, 4.69) is 21.4 Å². The van der Waals surface area contributed by atoms with Crippen LogP contribution in [0.3, 0.4) is 0 Å². The maximum absolute atomic E-state index is 12.5. The second-order valence-corrected chi connectivity index (χ2v) is 6.22. The van der Waals surface area contributed by atoms with Gasteiger partial charge < -0.3 is 10.2 Å². The van der Waals surface area contributed by atoms with Crippen LogP contribution in [0.5, 0.6) is 0 Å². The molecule has 0 fully saturated rings. The van der Waals surface area contributed by atoms with Gasteiger partial charge >= 0.3 is 0 Å². The van der Waals surface area contributed by atoms with Gasteiger partial charge in [0, 0.05) is 25.3 Å². The monoisotopic (exact) mass is 346 g/mol. The Balaban J connectivity index is 1.77. The van der Waals surface area contributed by atoms with Crippen molar-refractivity contribution >= 4 is 17.4 Å². The predicted octanol–water partition coefficient (Wildman–Crippen LogP) is 3.79. The SMILES string of the molecule is Cc1cccc(CNC(=O)c2cc(N(C)c3ccccc3)nc(C)n2)c1. The van der Waals surface area contributed by atoms with Gasteiger partial charge in [0.2, 0.25) is 0 Å². The Morgan fingerprint density at radius 2 is 1.77 bits per heavy atom. The molecule has 0 radical (unpaired) electrons. The van der Waals surface area contributed by atoms with Crippen LogP contribution in [0.4, 0.5) is 11.5 Å². The Labute approximate surface area is 153 Å². The molecule has 0 saturated heterocycles. The van der Waals surface area contributed by atoms with Crippen molar-refractivity contribution in [3.05, 3.63) is 83.3 Å². The Morgan fingerprint density at radius 1 is 1.00 bits per heavy atom. The standard InChI is InChI=1S/C21H22N4O/c1-15-8-7-9-17(12-15)14-22-21(26)19-13-20(24-16(2)23-19)25(3)18-10-5-4-6-11-18/h4-13H,14H2,1-3H3,(H,22,26). The number of aromatic nitrogens is 2. The lowest BCUT2D eigenvalue weighted by atomic mass is 10.1. The molecule has 0 aliphatic carbocycles. The number of carbonyl (C=O) groups is 1. The molecule has 5 nitrogen and oxygen atoms in total. The van der Waals surface area contributed by atoms with Crippen molar-refractivity contribution in [1.29, 1.82) is 0 Å². The summed E-state index contributed by atoms with van der Waals surface area (Å²) >= 11 is 0. The lowest BCUT2D eigenvalue weighted by Crippen LogP contribution is -2.25. The van der Waals surface area contributed by atoms with Crippen LogP contribution >= 0.6 is 0 Å². The van der Waals surface area contributed by atoms with Crippen molar-refractivity contribution < 1.29 is 4.79 Å². The van der Waals surface area contributed by atoms with Crippen molar-refractivity contribution in [1.82, 2.24) is 15.3 Å². The third-order valence-corrected chi connectivity index (χ3v) is 4.08. The Bertz CT molecular complexity index is 909. The molecule has 0 atom stereocenters. The number of rotatable bonds is 5. The molecule has 1 aromatic heterocycles. The maximum Gasteiger partial charge on any atom is 0.270 e. The van der Waals surface area contributed by atoms with Crippen molar-refractivity contribution in [3.8, 4) is 0 Å². The molecule has 3 aromatic rings. The van der Waals surface area contributed by atoms with E-state index < -0.39 is 0 Å². The van der Waals surface area contributed by atoms with Gasteiger partial charge in [-0.15, -0.1) is 0 Å². The summed E-state index contributed by atoms with van der Waals surface area (Å²) in [5.41, 5.74) is 3.59. The smallest absolute Gasteiger partial charge is 0.270 e. The third kappa shape index (κ3) is 4.25. The van der Waals surface area contributed by atoms with Gasteiger partial charge in [0.25, 0.3) is 5.91 Å². The number of aryl methyl sites for hydroxylation is 2. The van der Waals surface area contributed by atoms with E-state index in [0.717, 1.165) is 11.3 Å². The molecule has 1 amide bonds. The van der Waals surface area contributed by atoms with E-state index in [9.17, 15) is 4.79 Å². The number of nitrogens with zero attached hydrogens (tertiary/aromatic N) is 3. The lowest BCUT2D eigenvalue weighted by molar-refractivity contribution is 0.0945. The van der Waals surface area contributed by atoms with Crippen LogP contribution in [0, 0.1) is 13.8 Å². The molecule has 0 bridgehead atoms. The third-order valence-electron chi connectivity index (χ3n) is 4.08. The summed E-state index contributed by atoms with van der Waals surface area (Å²) in [5, 5.41) is 2.93. The highest BCUT2D eigenvalue weighted by Crippen LogP contribution is 2.21. The minimum absolute atomic E-state index is 0.209. The van der Waals surface area contributed by atoms with Crippen molar-refractivity contribution in [3.63, 3.8) is 0 Å². The van der Waals surface area contributed by atoms with Gasteiger partial charge in [0.05, 0.1) is 0 Å². The van der Waals surface area contributed by atoms with Crippen LogP contribution in [-0.4, -0.2) is 22.9 Å². The normalized spacial score (nSPS) is 10.4. The first-order chi connectivity index (χ1) is 12.5. The second-order valence-electron chi connectivity index (χ2n) is 6.22. The quantitative estimate of drug-likeness (QED) is 0.763. The zero-order valence-corrected chi connectivity index (χ0v) is 15.2. The van der Waals surface area contributed by atoms with Crippen LogP contribution in [0.15, 0.2) is 60.7 Å². The summed E-state index contributed by atoms with van der Waals surface area (Å²) in [6.07, 6.45) is 0. The highest BCUT2D eigenvalue weighted by molar-refractivity contribution is 5.93. The van der Waals surface area contributed by atoms with Gasteiger partial charge in [-0.25, -0.2) is 9.97 Å². The molecule has 26 heavy (non-hydrogen) atoms. The molecule has 3 rings (SSSR count). The van der Waals surface area contributed by atoms with Crippen LogP contribution in [0.1, 0.15) is 27.4 Å². The summed E-state index contributed by atoms with van der Waals surface area (Å²) in [5.74, 6) is 1.04. The average Bonchev–Trinajstić information content (AvgIpc) is 2.65. The molecule has 5 heteroatoms. The van der Waals surface area contributed by atoms with Gasteiger partial charge in [0.1, 0.15) is 17.3 Å². The van der Waals surface area contributed by atoms with E-state index in [1.54, 1.807) is 13.0 Å². The molecular formula is C21H22N4O. The van der Waals surface area contributed by atoms with Gasteiger partial charge in [-0.2, -0.15) is 0 Å². The van der Waals surface area contributed by atoms with E-state index in [0.29, 0.717) is 23.9 Å². The minimum Gasteiger partial charge on any atom is -0.347 e. The number of carbonyl (C=O) groups excluding carboxylic acids is 1. The molecule has 2 aromatic carbocycles. The highest BCUT2D eigenvalue weighted by Gasteiger charge is 2.13. The Kier molecular flexibility index (Phi) is 5.27. The first-order valence-corrected chi connectivity index (χ1v) is 8.51. The molecular weight excluding hydrogens is 324 g/mol. The fourth-order valence-electron chi connectivity index (χ4n) is 2.72. The number of nitrogens with one attached hydrogen (secondary N) is 1. The predicted molar refractivity (Wildman–Crippen MR) is 104 cm³/mol. The van der Waals surface area contributed by atoms with Gasteiger partial charge in [0.15, 0.2) is 0 Å². The maximum atomic E-state index is 12.5. The summed E-state index contributed by atoms with van der Waals surface area (Å²) in [7, 11) is 1.92. The zero-order chi connectivity index (χ0) is 18.5. The largest absolute Gasteiger partial charge is 0.347 e. The number of amides is 1. The Hall–Kier alpha value is -3.21.